The van der Waals surface area contributed by atoms with Gasteiger partial charge in [0, 0.05) is 22.9 Å². The standard InChI is InChI=1S/C34H30FN5O6/c1-20(2)26-17-27(21(3)15-31(26)45-4)33-38-28-8-6-5-7-25(28)34(42)39(33)36-18-22-9-14-30(29(16-22)40(43)44)46-19-32(41)37-24-12-10-23(35)11-13-24/h5-18,20H,19H2,1-4H3,(H,37,41). The van der Waals surface area contributed by atoms with E-state index in [0.717, 1.165) is 16.9 Å². The molecule has 0 radical (unpaired) electrons. The van der Waals surface area contributed by atoms with Crippen molar-refractivity contribution in [3.63, 3.8) is 0 Å². The van der Waals surface area contributed by atoms with Crippen molar-refractivity contribution < 1.29 is 23.6 Å². The van der Waals surface area contributed by atoms with Crippen LogP contribution in [0.1, 0.15) is 36.5 Å². The van der Waals surface area contributed by atoms with Gasteiger partial charge in [-0.25, -0.2) is 9.37 Å². The second kappa shape index (κ2) is 13.4. The fraction of sp³-hybridized carbons (Fsp3) is 0.176. The Morgan fingerprint density at radius 3 is 2.52 bits per heavy atom. The number of para-hydroxylation sites is 1. The summed E-state index contributed by atoms with van der Waals surface area (Å²) in [6.45, 7) is 5.44. The molecule has 234 valence electrons. The first-order chi connectivity index (χ1) is 22.0. The molecular weight excluding hydrogens is 593 g/mol. The van der Waals surface area contributed by atoms with Gasteiger partial charge in [0.1, 0.15) is 11.6 Å². The van der Waals surface area contributed by atoms with Crippen LogP contribution in [0.5, 0.6) is 11.5 Å². The lowest BCUT2D eigenvalue weighted by Gasteiger charge is -2.17. The van der Waals surface area contributed by atoms with Gasteiger partial charge in [-0.15, -0.1) is 0 Å². The van der Waals surface area contributed by atoms with Crippen molar-refractivity contribution in [1.82, 2.24) is 9.66 Å². The fourth-order valence-electron chi connectivity index (χ4n) is 4.85. The number of carbonyl (C=O) groups excluding carboxylic acids is 1. The normalized spacial score (nSPS) is 11.3. The maximum atomic E-state index is 13.7. The fourth-order valence-corrected chi connectivity index (χ4v) is 4.85. The number of aryl methyl sites for hydroxylation is 1. The van der Waals surface area contributed by atoms with Crippen LogP contribution in [0.2, 0.25) is 0 Å². The Morgan fingerprint density at radius 1 is 1.09 bits per heavy atom. The van der Waals surface area contributed by atoms with Crippen molar-refractivity contribution in [3.8, 4) is 22.9 Å². The first-order valence-electron chi connectivity index (χ1n) is 14.3. The second-order valence-electron chi connectivity index (χ2n) is 10.7. The van der Waals surface area contributed by atoms with Gasteiger partial charge in [-0.2, -0.15) is 9.78 Å². The van der Waals surface area contributed by atoms with E-state index in [1.54, 1.807) is 31.4 Å². The van der Waals surface area contributed by atoms with E-state index >= 15 is 0 Å². The molecule has 0 aliphatic heterocycles. The van der Waals surface area contributed by atoms with Crippen LogP contribution >= 0.6 is 0 Å². The van der Waals surface area contributed by atoms with Gasteiger partial charge < -0.3 is 14.8 Å². The summed E-state index contributed by atoms with van der Waals surface area (Å²) in [4.78, 5) is 42.1. The van der Waals surface area contributed by atoms with Crippen LogP contribution in [-0.2, 0) is 4.79 Å². The average molecular weight is 624 g/mol. The molecule has 1 amide bonds. The number of anilines is 1. The van der Waals surface area contributed by atoms with Crippen LogP contribution in [-0.4, -0.2) is 40.4 Å². The number of halogens is 1. The number of methoxy groups -OCH3 is 1. The number of ether oxygens (including phenoxy) is 2. The zero-order valence-corrected chi connectivity index (χ0v) is 25.5. The van der Waals surface area contributed by atoms with E-state index in [1.807, 2.05) is 32.9 Å². The number of nitro benzene ring substituents is 1. The van der Waals surface area contributed by atoms with Crippen molar-refractivity contribution in [3.05, 3.63) is 122 Å². The Kier molecular flexibility index (Phi) is 9.17. The molecule has 0 fully saturated rings. The third-order valence-corrected chi connectivity index (χ3v) is 7.18. The number of amides is 1. The summed E-state index contributed by atoms with van der Waals surface area (Å²) < 4.78 is 25.3. The smallest absolute Gasteiger partial charge is 0.311 e. The maximum Gasteiger partial charge on any atom is 0.311 e. The third-order valence-electron chi connectivity index (χ3n) is 7.18. The van der Waals surface area contributed by atoms with E-state index in [1.165, 1.54) is 53.4 Å². The van der Waals surface area contributed by atoms with E-state index in [0.29, 0.717) is 33.5 Å². The molecule has 4 aromatic carbocycles. The predicted octanol–water partition coefficient (Wildman–Crippen LogP) is 6.45. The Hall–Kier alpha value is -5.91. The molecule has 1 aromatic heterocycles. The Morgan fingerprint density at radius 2 is 1.83 bits per heavy atom. The first-order valence-corrected chi connectivity index (χ1v) is 14.3. The minimum absolute atomic E-state index is 0.119. The molecule has 46 heavy (non-hydrogen) atoms. The van der Waals surface area contributed by atoms with E-state index in [4.69, 9.17) is 14.5 Å². The summed E-state index contributed by atoms with van der Waals surface area (Å²) >= 11 is 0. The second-order valence-corrected chi connectivity index (χ2v) is 10.7. The van der Waals surface area contributed by atoms with Crippen LogP contribution in [0.25, 0.3) is 22.3 Å². The van der Waals surface area contributed by atoms with Crippen LogP contribution in [0.15, 0.2) is 88.8 Å². The van der Waals surface area contributed by atoms with Gasteiger partial charge in [-0.3, -0.25) is 19.7 Å². The van der Waals surface area contributed by atoms with E-state index < -0.39 is 34.5 Å². The molecule has 0 bridgehead atoms. The minimum atomic E-state index is -0.645. The van der Waals surface area contributed by atoms with Crippen molar-refractivity contribution in [2.45, 2.75) is 26.7 Å². The summed E-state index contributed by atoms with van der Waals surface area (Å²) in [5.41, 5.74) is 2.74. The summed E-state index contributed by atoms with van der Waals surface area (Å²) in [5, 5.41) is 19.2. The Balaban J connectivity index is 1.49. The lowest BCUT2D eigenvalue weighted by atomic mass is 9.96. The topological polar surface area (TPSA) is 138 Å². The highest BCUT2D eigenvalue weighted by Gasteiger charge is 2.20. The predicted molar refractivity (Wildman–Crippen MR) is 173 cm³/mol. The van der Waals surface area contributed by atoms with Crippen molar-refractivity contribution in [2.75, 3.05) is 19.0 Å². The summed E-state index contributed by atoms with van der Waals surface area (Å²) in [6.07, 6.45) is 1.32. The number of nitrogens with zero attached hydrogens (tertiary/aromatic N) is 4. The molecule has 0 saturated carbocycles. The number of fused-ring (bicyclic) bond motifs is 1. The number of rotatable bonds is 10. The first kappa shape index (κ1) is 31.5. The van der Waals surface area contributed by atoms with Crippen molar-refractivity contribution in [1.29, 1.82) is 0 Å². The highest BCUT2D eigenvalue weighted by Crippen LogP contribution is 2.34. The van der Waals surface area contributed by atoms with Gasteiger partial charge in [-0.05, 0) is 84.6 Å². The summed E-state index contributed by atoms with van der Waals surface area (Å²) in [7, 11) is 1.60. The molecule has 0 spiro atoms. The van der Waals surface area contributed by atoms with Gasteiger partial charge >= 0.3 is 5.69 Å². The largest absolute Gasteiger partial charge is 0.496 e. The van der Waals surface area contributed by atoms with Crippen LogP contribution in [0.3, 0.4) is 0 Å². The molecule has 0 aliphatic rings. The number of nitro groups is 1. The molecule has 1 N–H and O–H groups in total. The summed E-state index contributed by atoms with van der Waals surface area (Å²) in [5.74, 6) is -0.0506. The number of nitrogens with one attached hydrogen (secondary N) is 1. The Labute approximate surface area is 263 Å². The summed E-state index contributed by atoms with van der Waals surface area (Å²) in [6, 6.07) is 20.0. The highest BCUT2D eigenvalue weighted by atomic mass is 19.1. The lowest BCUT2D eigenvalue weighted by Crippen LogP contribution is -2.21. The average Bonchev–Trinajstić information content (AvgIpc) is 3.04. The van der Waals surface area contributed by atoms with E-state index in [2.05, 4.69) is 10.4 Å². The van der Waals surface area contributed by atoms with E-state index in [-0.39, 0.29) is 11.7 Å². The quantitative estimate of drug-likeness (QED) is 0.107. The number of hydrogen-bond donors (Lipinski definition) is 1. The zero-order valence-electron chi connectivity index (χ0n) is 25.5. The van der Waals surface area contributed by atoms with Gasteiger partial charge in [0.25, 0.3) is 11.5 Å². The van der Waals surface area contributed by atoms with Crippen molar-refractivity contribution in [2.24, 2.45) is 5.10 Å². The zero-order chi connectivity index (χ0) is 33.0. The molecule has 0 atom stereocenters. The van der Waals surface area contributed by atoms with Gasteiger partial charge in [0.2, 0.25) is 0 Å². The van der Waals surface area contributed by atoms with Crippen LogP contribution in [0.4, 0.5) is 15.8 Å². The number of carbonyl (C=O) groups is 1. The number of hydrogen-bond acceptors (Lipinski definition) is 8. The molecular formula is C34H30FN5O6. The SMILES string of the molecule is COc1cc(C)c(-c2nc3ccccc3c(=O)n2N=Cc2ccc(OCC(=O)Nc3ccc(F)cc3)c([N+](=O)[O-])c2)cc1C(C)C. The van der Waals surface area contributed by atoms with Gasteiger partial charge in [0.15, 0.2) is 18.2 Å². The molecule has 1 heterocycles. The van der Waals surface area contributed by atoms with Crippen molar-refractivity contribution >= 4 is 34.4 Å². The minimum Gasteiger partial charge on any atom is -0.496 e. The third kappa shape index (κ3) is 6.75. The molecule has 0 saturated heterocycles. The highest BCUT2D eigenvalue weighted by molar-refractivity contribution is 5.92. The molecule has 0 unspecified atom stereocenters. The Bertz CT molecular complexity index is 2040. The number of aromatic nitrogens is 2. The molecule has 5 rings (SSSR count). The lowest BCUT2D eigenvalue weighted by molar-refractivity contribution is -0.385. The monoisotopic (exact) mass is 623 g/mol. The van der Waals surface area contributed by atoms with Gasteiger partial charge in [0.05, 0.1) is 29.2 Å². The van der Waals surface area contributed by atoms with Gasteiger partial charge in [-0.1, -0.05) is 26.0 Å². The maximum absolute atomic E-state index is 13.7. The molecule has 11 nitrogen and oxygen atoms in total. The molecule has 0 aliphatic carbocycles. The van der Waals surface area contributed by atoms with Crippen LogP contribution in [0, 0.1) is 22.9 Å². The molecule has 5 aromatic rings. The van der Waals surface area contributed by atoms with Crippen LogP contribution < -0.4 is 20.3 Å². The molecule has 12 heteroatoms. The number of benzene rings is 4. The van der Waals surface area contributed by atoms with E-state index in [9.17, 15) is 24.1 Å².